The van der Waals surface area contributed by atoms with E-state index in [0.717, 1.165) is 4.47 Å². The van der Waals surface area contributed by atoms with Gasteiger partial charge in [-0.2, -0.15) is 0 Å². The van der Waals surface area contributed by atoms with Gasteiger partial charge in [-0.25, -0.2) is 4.98 Å². The summed E-state index contributed by atoms with van der Waals surface area (Å²) in [5, 5.41) is 2.80. The van der Waals surface area contributed by atoms with Crippen LogP contribution in [-0.4, -0.2) is 10.9 Å². The molecule has 0 aliphatic carbocycles. The van der Waals surface area contributed by atoms with Gasteiger partial charge in [-0.1, -0.05) is 22.0 Å². The topological polar surface area (TPSA) is 64.4 Å². The third-order valence-corrected chi connectivity index (χ3v) is 4.87. The maximum atomic E-state index is 12.4. The molecule has 2 aromatic heterocycles. The van der Waals surface area contributed by atoms with Crippen molar-refractivity contribution < 1.29 is 13.9 Å². The van der Waals surface area contributed by atoms with Gasteiger partial charge in [-0.3, -0.25) is 4.79 Å². The molecule has 0 spiro atoms. The molecule has 3 rings (SSSR count). The summed E-state index contributed by atoms with van der Waals surface area (Å²) in [7, 11) is 0. The van der Waals surface area contributed by atoms with Crippen molar-refractivity contribution in [1.82, 2.24) is 4.98 Å². The van der Waals surface area contributed by atoms with Crippen molar-refractivity contribution in [3.8, 4) is 11.6 Å². The molecular weight excluding hydrogens is 452 g/mol. The molecule has 0 radical (unpaired) electrons. The summed E-state index contributed by atoms with van der Waals surface area (Å²) in [5.74, 6) is 2.08. The van der Waals surface area contributed by atoms with E-state index in [1.807, 2.05) is 24.3 Å². The number of aromatic nitrogens is 1. The fourth-order valence-corrected chi connectivity index (χ4v) is 3.19. The zero-order valence-corrected chi connectivity index (χ0v) is 16.6. The van der Waals surface area contributed by atoms with Crippen LogP contribution in [0.25, 0.3) is 0 Å². The van der Waals surface area contributed by atoms with Crippen LogP contribution in [0.4, 0.5) is 5.69 Å². The lowest BCUT2D eigenvalue weighted by Gasteiger charge is -2.07. The predicted octanol–water partition coefficient (Wildman–Crippen LogP) is 5.86. The summed E-state index contributed by atoms with van der Waals surface area (Å²) < 4.78 is 12.7. The number of hydrogen-bond donors (Lipinski definition) is 1. The van der Waals surface area contributed by atoms with Crippen molar-refractivity contribution in [2.45, 2.75) is 13.8 Å². The number of aryl methyl sites for hydroxylation is 2. The number of carbonyl (C=O) groups is 1. The molecule has 0 aliphatic heterocycles. The average Bonchev–Trinajstić information content (AvgIpc) is 2.82. The Morgan fingerprint density at radius 1 is 1.16 bits per heavy atom. The van der Waals surface area contributed by atoms with Gasteiger partial charge in [0.2, 0.25) is 5.88 Å². The van der Waals surface area contributed by atoms with E-state index in [1.54, 1.807) is 32.2 Å². The van der Waals surface area contributed by atoms with Gasteiger partial charge >= 0.3 is 0 Å². The molecule has 7 heteroatoms. The molecule has 0 atom stereocenters. The Kier molecular flexibility index (Phi) is 5.24. The molecule has 1 amide bonds. The Morgan fingerprint density at radius 3 is 2.56 bits per heavy atom. The summed E-state index contributed by atoms with van der Waals surface area (Å²) in [6.07, 6.45) is 1.54. The number of carbonyl (C=O) groups excluding carboxylic acids is 1. The maximum absolute atomic E-state index is 12.4. The molecule has 128 valence electrons. The smallest absolute Gasteiger partial charge is 0.260 e. The largest absolute Gasteiger partial charge is 0.465 e. The number of nitrogens with one attached hydrogen (secondary N) is 1. The number of benzene rings is 1. The predicted molar refractivity (Wildman–Crippen MR) is 102 cm³/mol. The molecule has 2 heterocycles. The lowest BCUT2D eigenvalue weighted by molar-refractivity contribution is 0.102. The zero-order chi connectivity index (χ0) is 18.0. The Balaban J connectivity index is 1.71. The zero-order valence-electron chi connectivity index (χ0n) is 13.5. The molecular formula is C18H14Br2N2O3. The number of pyridine rings is 1. The molecule has 0 saturated heterocycles. The molecule has 1 N–H and O–H groups in total. The van der Waals surface area contributed by atoms with E-state index in [1.165, 1.54) is 0 Å². The highest BCUT2D eigenvalue weighted by atomic mass is 79.9. The number of hydrogen-bond acceptors (Lipinski definition) is 4. The number of amides is 1. The molecule has 5 nitrogen and oxygen atoms in total. The van der Waals surface area contributed by atoms with E-state index in [2.05, 4.69) is 42.2 Å². The summed E-state index contributed by atoms with van der Waals surface area (Å²) in [6.45, 7) is 3.54. The second kappa shape index (κ2) is 7.41. The van der Waals surface area contributed by atoms with Crippen molar-refractivity contribution in [3.05, 3.63) is 68.6 Å². The van der Waals surface area contributed by atoms with E-state index >= 15 is 0 Å². The number of anilines is 1. The van der Waals surface area contributed by atoms with E-state index in [9.17, 15) is 4.79 Å². The van der Waals surface area contributed by atoms with Crippen molar-refractivity contribution in [3.63, 3.8) is 0 Å². The maximum Gasteiger partial charge on any atom is 0.260 e. The van der Waals surface area contributed by atoms with Crippen LogP contribution in [-0.2, 0) is 0 Å². The minimum absolute atomic E-state index is 0.260. The summed E-state index contributed by atoms with van der Waals surface area (Å²) in [4.78, 5) is 16.6. The highest BCUT2D eigenvalue weighted by Gasteiger charge is 2.20. The van der Waals surface area contributed by atoms with Crippen molar-refractivity contribution in [2.24, 2.45) is 0 Å². The molecule has 1 aromatic carbocycles. The lowest BCUT2D eigenvalue weighted by Crippen LogP contribution is -2.13. The third-order valence-electron chi connectivity index (χ3n) is 3.43. The first-order valence-corrected chi connectivity index (χ1v) is 8.99. The minimum Gasteiger partial charge on any atom is -0.465 e. The number of nitrogens with zero attached hydrogens (tertiary/aromatic N) is 1. The van der Waals surface area contributed by atoms with Crippen LogP contribution in [0.1, 0.15) is 21.9 Å². The van der Waals surface area contributed by atoms with Gasteiger partial charge in [-0.05, 0) is 54.0 Å². The number of ether oxygens (including phenoxy) is 1. The minimum atomic E-state index is -0.260. The molecule has 0 aliphatic rings. The quantitative estimate of drug-likeness (QED) is 0.523. The van der Waals surface area contributed by atoms with E-state index in [0.29, 0.717) is 38.9 Å². The van der Waals surface area contributed by atoms with Gasteiger partial charge in [-0.15, -0.1) is 0 Å². The van der Waals surface area contributed by atoms with Crippen molar-refractivity contribution in [1.29, 1.82) is 0 Å². The highest BCUT2D eigenvalue weighted by Crippen LogP contribution is 2.28. The van der Waals surface area contributed by atoms with E-state index in [-0.39, 0.29) is 5.91 Å². The molecule has 0 bridgehead atoms. The Morgan fingerprint density at radius 2 is 1.96 bits per heavy atom. The van der Waals surface area contributed by atoms with E-state index < -0.39 is 0 Å². The van der Waals surface area contributed by atoms with Gasteiger partial charge in [0, 0.05) is 10.5 Å². The molecule has 0 fully saturated rings. The molecule has 0 saturated carbocycles. The monoisotopic (exact) mass is 464 g/mol. The van der Waals surface area contributed by atoms with Gasteiger partial charge in [0.25, 0.3) is 5.91 Å². The first kappa shape index (κ1) is 17.7. The Labute approximate surface area is 161 Å². The summed E-state index contributed by atoms with van der Waals surface area (Å²) in [6, 6.07) is 10.9. The van der Waals surface area contributed by atoms with Crippen LogP contribution in [0.5, 0.6) is 11.6 Å². The fourth-order valence-electron chi connectivity index (χ4n) is 2.28. The fraction of sp³-hybridized carbons (Fsp3) is 0.111. The van der Waals surface area contributed by atoms with Crippen LogP contribution >= 0.6 is 31.9 Å². The van der Waals surface area contributed by atoms with Crippen molar-refractivity contribution >= 4 is 43.5 Å². The lowest BCUT2D eigenvalue weighted by atomic mass is 10.2. The average molecular weight is 466 g/mol. The van der Waals surface area contributed by atoms with Gasteiger partial charge < -0.3 is 14.5 Å². The Hall–Kier alpha value is -2.12. The van der Waals surface area contributed by atoms with Crippen molar-refractivity contribution in [2.75, 3.05) is 5.32 Å². The second-order valence-corrected chi connectivity index (χ2v) is 7.01. The SMILES string of the molecule is Cc1oc(C)c(C(=O)Nc2ccc(Oc3cccc(Br)c3)nc2)c1Br. The number of halogens is 2. The molecule has 3 aromatic rings. The first-order chi connectivity index (χ1) is 11.9. The third kappa shape index (κ3) is 4.11. The van der Waals surface area contributed by atoms with Crippen LogP contribution in [0, 0.1) is 13.8 Å². The molecule has 25 heavy (non-hydrogen) atoms. The van der Waals surface area contributed by atoms with E-state index in [4.69, 9.17) is 9.15 Å². The number of furan rings is 1. The van der Waals surface area contributed by atoms with Gasteiger partial charge in [0.1, 0.15) is 17.3 Å². The Bertz CT molecular complexity index is 921. The van der Waals surface area contributed by atoms with Crippen LogP contribution < -0.4 is 10.1 Å². The second-order valence-electron chi connectivity index (χ2n) is 5.30. The standard InChI is InChI=1S/C18H14Br2N2O3/c1-10-16(17(20)11(2)24-10)18(23)22-13-6-7-15(21-9-13)25-14-5-3-4-12(19)8-14/h3-9H,1-2H3,(H,22,23). The first-order valence-electron chi connectivity index (χ1n) is 7.40. The highest BCUT2D eigenvalue weighted by molar-refractivity contribution is 9.10. The normalized spacial score (nSPS) is 10.6. The summed E-state index contributed by atoms with van der Waals surface area (Å²) in [5.41, 5.74) is 1.05. The van der Waals surface area contributed by atoms with Gasteiger partial charge in [0.05, 0.1) is 21.9 Å². The van der Waals surface area contributed by atoms with Crippen LogP contribution in [0.15, 0.2) is 56.0 Å². The van der Waals surface area contributed by atoms with Gasteiger partial charge in [0.15, 0.2) is 0 Å². The van der Waals surface area contributed by atoms with Crippen LogP contribution in [0.2, 0.25) is 0 Å². The molecule has 0 unspecified atom stereocenters. The number of rotatable bonds is 4. The summed E-state index contributed by atoms with van der Waals surface area (Å²) >= 11 is 6.77. The van der Waals surface area contributed by atoms with Crippen LogP contribution in [0.3, 0.4) is 0 Å².